The van der Waals surface area contributed by atoms with Crippen molar-refractivity contribution in [3.05, 3.63) is 11.6 Å². The van der Waals surface area contributed by atoms with Crippen molar-refractivity contribution < 1.29 is 58.4 Å². The zero-order chi connectivity index (χ0) is 38.1. The van der Waals surface area contributed by atoms with Crippen molar-refractivity contribution in [2.75, 3.05) is 21.2 Å². The summed E-state index contributed by atoms with van der Waals surface area (Å²) < 4.78 is 37.2. The number of methoxy groups -OCH3 is 1. The topological polar surface area (TPSA) is 174 Å². The third kappa shape index (κ3) is 9.52. The highest BCUT2D eigenvalue weighted by atomic mass is 16.7. The molecule has 16 atom stereocenters. The number of nitrogens with zero attached hydrogens (tertiary/aromatic N) is 1. The number of ketones is 1. The van der Waals surface area contributed by atoms with Crippen LogP contribution in [0.2, 0.25) is 0 Å². The molecule has 1 unspecified atom stereocenters. The summed E-state index contributed by atoms with van der Waals surface area (Å²) in [6.07, 6.45) is -5.98. The fraction of sp³-hybridized carbons (Fsp3) is 0.892. The third-order valence-corrected chi connectivity index (χ3v) is 11.2. The van der Waals surface area contributed by atoms with E-state index < -0.39 is 89.7 Å². The van der Waals surface area contributed by atoms with Crippen molar-refractivity contribution in [2.24, 2.45) is 17.8 Å². The summed E-state index contributed by atoms with van der Waals surface area (Å²) in [5.74, 6) is -3.48. The first-order valence-electron chi connectivity index (χ1n) is 18.1. The molecule has 0 saturated carbocycles. The summed E-state index contributed by atoms with van der Waals surface area (Å²) in [4.78, 5) is 29.6. The Kier molecular flexibility index (Phi) is 14.3. The van der Waals surface area contributed by atoms with E-state index >= 15 is 0 Å². The van der Waals surface area contributed by atoms with Crippen LogP contribution in [-0.2, 0) is 38.0 Å². The largest absolute Gasteiger partial charge is 0.459 e. The summed E-state index contributed by atoms with van der Waals surface area (Å²) in [5, 5.41) is 46.1. The summed E-state index contributed by atoms with van der Waals surface area (Å²) in [5.41, 5.74) is -4.16. The molecule has 0 aromatic heterocycles. The Bertz CT molecular complexity index is 1190. The molecule has 3 aliphatic rings. The number of carbonyl (C=O) groups excluding carboxylic acids is 2. The van der Waals surface area contributed by atoms with Crippen LogP contribution in [0.15, 0.2) is 11.6 Å². The van der Waals surface area contributed by atoms with Crippen LogP contribution >= 0.6 is 0 Å². The van der Waals surface area contributed by atoms with Crippen LogP contribution in [0.3, 0.4) is 0 Å². The number of allylic oxidation sites excluding steroid dienone is 1. The van der Waals surface area contributed by atoms with Crippen molar-refractivity contribution in [1.29, 1.82) is 0 Å². The monoisotopic (exact) mass is 715 g/mol. The predicted octanol–water partition coefficient (Wildman–Crippen LogP) is 2.73. The number of hydrogen-bond acceptors (Lipinski definition) is 13. The predicted molar refractivity (Wildman–Crippen MR) is 185 cm³/mol. The summed E-state index contributed by atoms with van der Waals surface area (Å²) >= 11 is 0. The molecular weight excluding hydrogens is 650 g/mol. The average molecular weight is 716 g/mol. The lowest BCUT2D eigenvalue weighted by molar-refractivity contribution is -0.317. The molecular formula is C37H65NO12. The van der Waals surface area contributed by atoms with Crippen molar-refractivity contribution >= 4 is 11.8 Å². The zero-order valence-electron chi connectivity index (χ0n) is 32.4. The standard InChI is InChI=1S/C37H65NO12/c1-14-26-35(8,43)16-19(2)28(39)20(3)17-36(9,44)32(50-34-29(40)25(38(11)12)15-21(4)46-34)22(5)30(23(6)33(42)48-26)49-27-18-37(10,45-13)31(41)24(7)47-27/h16,20-27,29-32,34,40-41,43-44H,14-15,17-18H2,1-13H3/b19-16+/t20-,21-,22+,23-,24+,25+,26-,27+,29-,30+,31+,32-,34?,35+,36-,37-/m1/s1. The number of aliphatic hydroxyl groups is 4. The molecule has 3 heterocycles. The first-order valence-corrected chi connectivity index (χ1v) is 18.1. The lowest BCUT2D eigenvalue weighted by Crippen LogP contribution is -2.60. The van der Waals surface area contributed by atoms with Crippen molar-refractivity contribution in [3.63, 3.8) is 0 Å². The van der Waals surface area contributed by atoms with Crippen LogP contribution in [0, 0.1) is 17.8 Å². The molecule has 2 fully saturated rings. The van der Waals surface area contributed by atoms with Crippen LogP contribution in [0.1, 0.15) is 94.9 Å². The Morgan fingerprint density at radius 1 is 0.980 bits per heavy atom. The minimum Gasteiger partial charge on any atom is -0.459 e. The van der Waals surface area contributed by atoms with E-state index in [0.29, 0.717) is 6.42 Å². The first kappa shape index (κ1) is 42.9. The highest BCUT2D eigenvalue weighted by Crippen LogP contribution is 2.40. The van der Waals surface area contributed by atoms with Crippen molar-refractivity contribution in [2.45, 2.75) is 173 Å². The highest BCUT2D eigenvalue weighted by Gasteiger charge is 2.52. The van der Waals surface area contributed by atoms with Gasteiger partial charge in [-0.25, -0.2) is 0 Å². The number of esters is 1. The second-order valence-corrected chi connectivity index (χ2v) is 16.0. The lowest BCUT2D eigenvalue weighted by Gasteiger charge is -2.48. The fourth-order valence-corrected chi connectivity index (χ4v) is 8.09. The van der Waals surface area contributed by atoms with Gasteiger partial charge in [0, 0.05) is 31.4 Å². The molecule has 290 valence electrons. The van der Waals surface area contributed by atoms with Gasteiger partial charge in [0.2, 0.25) is 0 Å². The average Bonchev–Trinajstić information content (AvgIpc) is 3.02. The Hall–Kier alpha value is -1.52. The van der Waals surface area contributed by atoms with E-state index in [4.69, 9.17) is 28.4 Å². The number of rotatable bonds is 7. The maximum atomic E-state index is 14.0. The zero-order valence-corrected chi connectivity index (χ0v) is 32.4. The van der Waals surface area contributed by atoms with E-state index in [9.17, 15) is 30.0 Å². The van der Waals surface area contributed by atoms with E-state index in [2.05, 4.69) is 0 Å². The molecule has 0 aliphatic carbocycles. The van der Waals surface area contributed by atoms with Gasteiger partial charge in [0.05, 0.1) is 41.5 Å². The number of likely N-dealkylation sites (N-methyl/N-ethyl adjacent to an activating group) is 1. The molecule has 3 aliphatic heterocycles. The first-order chi connectivity index (χ1) is 23.0. The summed E-state index contributed by atoms with van der Waals surface area (Å²) in [6, 6.07) is -0.300. The third-order valence-electron chi connectivity index (χ3n) is 11.2. The van der Waals surface area contributed by atoms with Crippen molar-refractivity contribution in [1.82, 2.24) is 4.90 Å². The Morgan fingerprint density at radius 2 is 1.60 bits per heavy atom. The van der Waals surface area contributed by atoms with Crippen LogP contribution in [0.5, 0.6) is 0 Å². The van der Waals surface area contributed by atoms with Gasteiger partial charge < -0.3 is 53.7 Å². The number of cyclic esters (lactones) is 1. The molecule has 0 aromatic carbocycles. The van der Waals surface area contributed by atoms with Gasteiger partial charge in [-0.2, -0.15) is 0 Å². The van der Waals surface area contributed by atoms with Crippen LogP contribution in [0.4, 0.5) is 0 Å². The molecule has 0 spiro atoms. The van der Waals surface area contributed by atoms with Crippen molar-refractivity contribution in [3.8, 4) is 0 Å². The molecule has 0 bridgehead atoms. The summed E-state index contributed by atoms with van der Waals surface area (Å²) in [6.45, 7) is 16.9. The second-order valence-electron chi connectivity index (χ2n) is 16.0. The normalized spacial score (nSPS) is 48.4. The molecule has 2 saturated heterocycles. The smallest absolute Gasteiger partial charge is 0.311 e. The molecule has 0 radical (unpaired) electrons. The van der Waals surface area contributed by atoms with Gasteiger partial charge in [-0.15, -0.1) is 0 Å². The molecule has 13 heteroatoms. The van der Waals surface area contributed by atoms with Gasteiger partial charge in [0.15, 0.2) is 18.4 Å². The Morgan fingerprint density at radius 3 is 2.16 bits per heavy atom. The fourth-order valence-electron chi connectivity index (χ4n) is 8.09. The number of aliphatic hydroxyl groups excluding tert-OH is 2. The summed E-state index contributed by atoms with van der Waals surface area (Å²) in [7, 11) is 5.22. The minimum absolute atomic E-state index is 0.0582. The lowest BCUT2D eigenvalue weighted by atomic mass is 9.76. The van der Waals surface area contributed by atoms with Gasteiger partial charge >= 0.3 is 5.97 Å². The van der Waals surface area contributed by atoms with E-state index in [1.807, 2.05) is 25.9 Å². The minimum atomic E-state index is -1.73. The number of ether oxygens (including phenoxy) is 6. The quantitative estimate of drug-likeness (QED) is 0.284. The molecule has 3 rings (SSSR count). The number of hydrogen-bond donors (Lipinski definition) is 4. The highest BCUT2D eigenvalue weighted by molar-refractivity contribution is 5.96. The van der Waals surface area contributed by atoms with E-state index in [-0.39, 0.29) is 42.8 Å². The molecule has 0 amide bonds. The molecule has 50 heavy (non-hydrogen) atoms. The number of Topliss-reactive ketones (excluding diaryl/α,β-unsaturated/α-hetero) is 1. The van der Waals surface area contributed by atoms with E-state index in [0.717, 1.165) is 0 Å². The Balaban J connectivity index is 2.18. The van der Waals surface area contributed by atoms with Crippen LogP contribution < -0.4 is 0 Å². The number of carbonyl (C=O) groups is 2. The van der Waals surface area contributed by atoms with E-state index in [1.165, 1.54) is 20.1 Å². The molecule has 13 nitrogen and oxygen atoms in total. The second kappa shape index (κ2) is 16.7. The van der Waals surface area contributed by atoms with Gasteiger partial charge in [0.1, 0.15) is 23.9 Å². The van der Waals surface area contributed by atoms with Crippen LogP contribution in [-0.4, -0.2) is 136 Å². The van der Waals surface area contributed by atoms with Gasteiger partial charge in [0.25, 0.3) is 0 Å². The van der Waals surface area contributed by atoms with Gasteiger partial charge in [-0.05, 0) is 93.5 Å². The van der Waals surface area contributed by atoms with Crippen LogP contribution in [0.25, 0.3) is 0 Å². The SMILES string of the molecule is CC[C@H]1OC(=O)[C@H](C)[C@@H](O[C@H]2C[C@@](C)(OC)[C@@H](O)[C@H](C)O2)[C@H](C)[C@@H](OC2O[C@H](C)C[C@H](N(C)C)[C@H]2O)[C@](C)(O)C[C@@H](C)C(=O)/C(C)=C/[C@]1(C)O. The Labute approximate surface area is 298 Å². The van der Waals surface area contributed by atoms with Gasteiger partial charge in [-0.3, -0.25) is 9.59 Å². The van der Waals surface area contributed by atoms with Gasteiger partial charge in [-0.1, -0.05) is 20.8 Å². The van der Waals surface area contributed by atoms with E-state index in [1.54, 1.807) is 55.4 Å². The molecule has 0 aromatic rings. The molecule has 4 N–H and O–H groups in total. The maximum absolute atomic E-state index is 14.0. The maximum Gasteiger partial charge on any atom is 0.311 e.